The fraction of sp³-hybridized carbons (Fsp3) is 0.500. The fourth-order valence-corrected chi connectivity index (χ4v) is 2.28. The number of morpholine rings is 1. The summed E-state index contributed by atoms with van der Waals surface area (Å²) in [6.45, 7) is 5.45. The van der Waals surface area contributed by atoms with E-state index in [4.69, 9.17) is 4.74 Å². The van der Waals surface area contributed by atoms with Gasteiger partial charge in [0, 0.05) is 29.9 Å². The van der Waals surface area contributed by atoms with Crippen LogP contribution in [-0.4, -0.2) is 30.2 Å². The first-order valence-electron chi connectivity index (χ1n) is 5.70. The monoisotopic (exact) mass is 236 g/mol. The van der Waals surface area contributed by atoms with Crippen LogP contribution in [-0.2, 0) is 4.74 Å². The van der Waals surface area contributed by atoms with Crippen LogP contribution in [0.3, 0.4) is 0 Å². The second kappa shape index (κ2) is 4.71. The van der Waals surface area contributed by atoms with Gasteiger partial charge < -0.3 is 9.64 Å². The molecule has 17 heavy (non-hydrogen) atoms. The molecule has 1 aliphatic heterocycles. The van der Waals surface area contributed by atoms with E-state index in [1.54, 1.807) is 12.1 Å². The molecule has 0 spiro atoms. The molecule has 1 aliphatic rings. The highest BCUT2D eigenvalue weighted by molar-refractivity contribution is 5.54. The maximum atomic E-state index is 10.8. The molecule has 92 valence electrons. The lowest BCUT2D eigenvalue weighted by atomic mass is 10.1. The van der Waals surface area contributed by atoms with E-state index >= 15 is 0 Å². The van der Waals surface area contributed by atoms with Crippen molar-refractivity contribution in [3.63, 3.8) is 0 Å². The van der Waals surface area contributed by atoms with E-state index in [2.05, 4.69) is 18.7 Å². The maximum Gasteiger partial charge on any atom is 0.271 e. The summed E-state index contributed by atoms with van der Waals surface area (Å²) in [6, 6.07) is 7.24. The molecule has 0 bridgehead atoms. The van der Waals surface area contributed by atoms with Gasteiger partial charge in [-0.05, 0) is 19.9 Å². The normalized spacial score (nSPS) is 24.7. The second-order valence-electron chi connectivity index (χ2n) is 4.42. The van der Waals surface area contributed by atoms with E-state index < -0.39 is 0 Å². The zero-order valence-electron chi connectivity index (χ0n) is 10.00. The average Bonchev–Trinajstić information content (AvgIpc) is 2.29. The Kier molecular flexibility index (Phi) is 3.28. The highest BCUT2D eigenvalue weighted by atomic mass is 16.6. The Bertz CT molecular complexity index is 412. The van der Waals surface area contributed by atoms with E-state index in [1.165, 1.54) is 6.07 Å². The topological polar surface area (TPSA) is 55.6 Å². The Morgan fingerprint density at radius 1 is 1.35 bits per heavy atom. The minimum absolute atomic E-state index is 0.133. The molecular formula is C12H16N2O3. The Balaban J connectivity index is 2.31. The SMILES string of the molecule is CC1COCC(C)N1c1cccc([N+](=O)[O-])c1. The minimum Gasteiger partial charge on any atom is -0.377 e. The van der Waals surface area contributed by atoms with Gasteiger partial charge in [0.2, 0.25) is 0 Å². The van der Waals surface area contributed by atoms with Crippen molar-refractivity contribution in [3.8, 4) is 0 Å². The van der Waals surface area contributed by atoms with Gasteiger partial charge in [-0.2, -0.15) is 0 Å². The molecular weight excluding hydrogens is 220 g/mol. The molecule has 2 rings (SSSR count). The van der Waals surface area contributed by atoms with Crippen LogP contribution in [0.5, 0.6) is 0 Å². The summed E-state index contributed by atoms with van der Waals surface area (Å²) in [5.41, 5.74) is 1.02. The predicted octanol–water partition coefficient (Wildman–Crippen LogP) is 2.21. The molecule has 0 amide bonds. The highest BCUT2D eigenvalue weighted by Gasteiger charge is 2.26. The van der Waals surface area contributed by atoms with Crippen LogP contribution in [0.4, 0.5) is 11.4 Å². The third-order valence-corrected chi connectivity index (χ3v) is 3.01. The number of nitrogens with zero attached hydrogens (tertiary/aromatic N) is 2. The van der Waals surface area contributed by atoms with Crippen molar-refractivity contribution in [2.24, 2.45) is 0 Å². The van der Waals surface area contributed by atoms with Crippen LogP contribution >= 0.6 is 0 Å². The third-order valence-electron chi connectivity index (χ3n) is 3.01. The first-order chi connectivity index (χ1) is 8.09. The molecule has 2 unspecified atom stereocenters. The lowest BCUT2D eigenvalue weighted by molar-refractivity contribution is -0.384. The number of benzene rings is 1. The van der Waals surface area contributed by atoms with Crippen molar-refractivity contribution >= 4 is 11.4 Å². The summed E-state index contributed by atoms with van der Waals surface area (Å²) in [6.07, 6.45) is 0. The molecule has 0 aliphatic carbocycles. The molecule has 1 aromatic rings. The van der Waals surface area contributed by atoms with Gasteiger partial charge in [0.1, 0.15) is 0 Å². The number of nitro groups is 1. The van der Waals surface area contributed by atoms with E-state index in [-0.39, 0.29) is 22.7 Å². The molecule has 5 heteroatoms. The lowest BCUT2D eigenvalue weighted by Crippen LogP contribution is -2.49. The largest absolute Gasteiger partial charge is 0.377 e. The van der Waals surface area contributed by atoms with E-state index in [0.29, 0.717) is 13.2 Å². The molecule has 1 saturated heterocycles. The van der Waals surface area contributed by atoms with E-state index in [1.807, 2.05) is 6.07 Å². The molecule has 1 aromatic carbocycles. The molecule has 0 saturated carbocycles. The fourth-order valence-electron chi connectivity index (χ4n) is 2.28. The number of hydrogen-bond acceptors (Lipinski definition) is 4. The molecule has 1 heterocycles. The van der Waals surface area contributed by atoms with Crippen molar-refractivity contribution < 1.29 is 9.66 Å². The molecule has 5 nitrogen and oxygen atoms in total. The number of non-ortho nitro benzene ring substituents is 1. The van der Waals surface area contributed by atoms with E-state index in [0.717, 1.165) is 5.69 Å². The summed E-state index contributed by atoms with van der Waals surface area (Å²) in [4.78, 5) is 12.6. The van der Waals surface area contributed by atoms with Crippen LogP contribution in [0.1, 0.15) is 13.8 Å². The zero-order chi connectivity index (χ0) is 12.4. The number of ether oxygens (including phenoxy) is 1. The summed E-state index contributed by atoms with van der Waals surface area (Å²) >= 11 is 0. The summed E-state index contributed by atoms with van der Waals surface area (Å²) in [5.74, 6) is 0. The van der Waals surface area contributed by atoms with Gasteiger partial charge >= 0.3 is 0 Å². The summed E-state index contributed by atoms with van der Waals surface area (Å²) in [7, 11) is 0. The molecule has 2 atom stereocenters. The second-order valence-corrected chi connectivity index (χ2v) is 4.42. The smallest absolute Gasteiger partial charge is 0.271 e. The number of hydrogen-bond donors (Lipinski definition) is 0. The van der Waals surface area contributed by atoms with Gasteiger partial charge in [0.05, 0.1) is 18.1 Å². The lowest BCUT2D eigenvalue weighted by Gasteiger charge is -2.40. The highest BCUT2D eigenvalue weighted by Crippen LogP contribution is 2.26. The molecule has 0 aromatic heterocycles. The van der Waals surface area contributed by atoms with Crippen LogP contribution < -0.4 is 4.90 Å². The molecule has 0 radical (unpaired) electrons. The number of rotatable bonds is 2. The van der Waals surface area contributed by atoms with Gasteiger partial charge in [-0.25, -0.2) is 0 Å². The van der Waals surface area contributed by atoms with Crippen LogP contribution in [0.15, 0.2) is 24.3 Å². The van der Waals surface area contributed by atoms with Crippen LogP contribution in [0.2, 0.25) is 0 Å². The van der Waals surface area contributed by atoms with Crippen molar-refractivity contribution in [3.05, 3.63) is 34.4 Å². The Morgan fingerprint density at radius 3 is 2.59 bits per heavy atom. The van der Waals surface area contributed by atoms with Crippen molar-refractivity contribution in [2.45, 2.75) is 25.9 Å². The Labute approximate surface area is 100 Å². The maximum absolute atomic E-state index is 10.8. The van der Waals surface area contributed by atoms with Crippen molar-refractivity contribution in [2.75, 3.05) is 18.1 Å². The predicted molar refractivity (Wildman–Crippen MR) is 65.3 cm³/mol. The quantitative estimate of drug-likeness (QED) is 0.583. The van der Waals surface area contributed by atoms with Gasteiger partial charge in [0.15, 0.2) is 0 Å². The average molecular weight is 236 g/mol. The van der Waals surface area contributed by atoms with Gasteiger partial charge in [-0.15, -0.1) is 0 Å². The zero-order valence-corrected chi connectivity index (χ0v) is 10.00. The van der Waals surface area contributed by atoms with Gasteiger partial charge in [-0.3, -0.25) is 10.1 Å². The van der Waals surface area contributed by atoms with Crippen molar-refractivity contribution in [1.29, 1.82) is 0 Å². The van der Waals surface area contributed by atoms with Crippen LogP contribution in [0, 0.1) is 10.1 Å². The molecule has 1 fully saturated rings. The Morgan fingerprint density at radius 2 is 2.00 bits per heavy atom. The summed E-state index contributed by atoms with van der Waals surface area (Å²) < 4.78 is 5.45. The van der Waals surface area contributed by atoms with Gasteiger partial charge in [-0.1, -0.05) is 6.07 Å². The van der Waals surface area contributed by atoms with Crippen LogP contribution in [0.25, 0.3) is 0 Å². The first kappa shape index (κ1) is 11.9. The van der Waals surface area contributed by atoms with E-state index in [9.17, 15) is 10.1 Å². The third kappa shape index (κ3) is 2.39. The molecule has 0 N–H and O–H groups in total. The minimum atomic E-state index is -0.362. The Hall–Kier alpha value is -1.62. The van der Waals surface area contributed by atoms with Crippen molar-refractivity contribution in [1.82, 2.24) is 0 Å². The number of nitro benzene ring substituents is 1. The standard InChI is InChI=1S/C12H16N2O3/c1-9-7-17-8-10(2)13(9)11-4-3-5-12(6-11)14(15)16/h3-6,9-10H,7-8H2,1-2H3. The van der Waals surface area contributed by atoms with Gasteiger partial charge in [0.25, 0.3) is 5.69 Å². The summed E-state index contributed by atoms with van der Waals surface area (Å²) in [5, 5.41) is 10.8. The first-order valence-corrected chi connectivity index (χ1v) is 5.70. The number of anilines is 1.